The van der Waals surface area contributed by atoms with Gasteiger partial charge in [-0.25, -0.2) is 24.0 Å². The number of hydrogen-bond donors (Lipinski definition) is 3. The van der Waals surface area contributed by atoms with Gasteiger partial charge in [0.25, 0.3) is 0 Å². The number of carbonyl (C=O) groups is 6. The molecule has 44 heavy (non-hydrogen) atoms. The number of nitrogens with one attached hydrogen (secondary N) is 2. The minimum atomic E-state index is -1.26. The van der Waals surface area contributed by atoms with Crippen molar-refractivity contribution in [1.29, 1.82) is 0 Å². The van der Waals surface area contributed by atoms with Gasteiger partial charge < -0.3 is 48.9 Å². The fraction of sp³-hybridized carbons (Fsp3) is 0.571. The average Bonchev–Trinajstić information content (AvgIpc) is 2.96. The minimum Gasteiger partial charge on any atom is -0.462 e. The summed E-state index contributed by atoms with van der Waals surface area (Å²) in [5, 5.41) is 14.7. The quantitative estimate of drug-likeness (QED) is 0.0656. The van der Waals surface area contributed by atoms with Crippen LogP contribution in [0.2, 0.25) is 0 Å². The lowest BCUT2D eigenvalue weighted by molar-refractivity contribution is -0.156. The Balaban J connectivity index is 4.62. The highest BCUT2D eigenvalue weighted by atomic mass is 16.6. The van der Waals surface area contributed by atoms with Crippen LogP contribution in [0, 0.1) is 0 Å². The number of hydrogen-bond acceptors (Lipinski definition) is 14. The third kappa shape index (κ3) is 21.3. The second-order valence-electron chi connectivity index (χ2n) is 9.21. The first kappa shape index (κ1) is 39.6. The molecule has 0 saturated heterocycles. The van der Waals surface area contributed by atoms with E-state index in [9.17, 15) is 33.9 Å². The van der Waals surface area contributed by atoms with Gasteiger partial charge in [0.2, 0.25) is 0 Å². The lowest BCUT2D eigenvalue weighted by Crippen LogP contribution is -2.35. The summed E-state index contributed by atoms with van der Waals surface area (Å²) in [4.78, 5) is 70.0. The Kier molecular flexibility index (Phi) is 20.7. The summed E-state index contributed by atoms with van der Waals surface area (Å²) in [5.74, 6) is -2.51. The number of aliphatic hydroxyl groups excluding tert-OH is 1. The number of esters is 4. The van der Waals surface area contributed by atoms with E-state index in [1.165, 1.54) is 20.8 Å². The van der Waals surface area contributed by atoms with E-state index in [0.717, 1.165) is 0 Å². The molecule has 0 aromatic heterocycles. The molecule has 0 aliphatic carbocycles. The fourth-order valence-electron chi connectivity index (χ4n) is 2.53. The molecule has 248 valence electrons. The summed E-state index contributed by atoms with van der Waals surface area (Å²) >= 11 is 0. The molecule has 16 heteroatoms. The zero-order chi connectivity index (χ0) is 33.5. The van der Waals surface area contributed by atoms with Crippen molar-refractivity contribution in [2.45, 2.75) is 45.8 Å². The van der Waals surface area contributed by atoms with Crippen LogP contribution in [-0.2, 0) is 52.3 Å². The minimum absolute atomic E-state index is 0.0267. The number of amides is 2. The molecule has 0 heterocycles. The zero-order valence-electron chi connectivity index (χ0n) is 25.3. The van der Waals surface area contributed by atoms with E-state index in [-0.39, 0.29) is 75.7 Å². The molecule has 2 atom stereocenters. The van der Waals surface area contributed by atoms with E-state index in [0.29, 0.717) is 0 Å². The Morgan fingerprint density at radius 2 is 1.09 bits per heavy atom. The molecule has 0 spiro atoms. The van der Waals surface area contributed by atoms with Gasteiger partial charge in [-0.1, -0.05) is 19.7 Å². The summed E-state index contributed by atoms with van der Waals surface area (Å²) in [7, 11) is 0. The number of ether oxygens (including phenoxy) is 7. The topological polar surface area (TPSA) is 211 Å². The van der Waals surface area contributed by atoms with E-state index < -0.39 is 61.5 Å². The molecular formula is C28H42N2O14. The van der Waals surface area contributed by atoms with Crippen LogP contribution >= 0.6 is 0 Å². The van der Waals surface area contributed by atoms with Gasteiger partial charge in [0.05, 0.1) is 32.9 Å². The number of carbonyl (C=O) groups excluding carboxylic acids is 6. The smallest absolute Gasteiger partial charge is 0.407 e. The van der Waals surface area contributed by atoms with Gasteiger partial charge in [0, 0.05) is 23.1 Å². The lowest BCUT2D eigenvalue weighted by atomic mass is 10.3. The van der Waals surface area contributed by atoms with E-state index in [4.69, 9.17) is 33.2 Å². The van der Waals surface area contributed by atoms with Gasteiger partial charge in [0.15, 0.2) is 6.10 Å². The second-order valence-corrected chi connectivity index (χ2v) is 9.21. The Labute approximate surface area is 255 Å². The van der Waals surface area contributed by atoms with Crippen molar-refractivity contribution in [1.82, 2.24) is 10.6 Å². The molecule has 0 fully saturated rings. The van der Waals surface area contributed by atoms with Crippen molar-refractivity contribution in [2.75, 3.05) is 59.3 Å². The molecule has 0 aromatic carbocycles. The van der Waals surface area contributed by atoms with Crippen LogP contribution in [-0.4, -0.2) is 113 Å². The maximum Gasteiger partial charge on any atom is 0.407 e. The molecule has 0 bridgehead atoms. The molecule has 2 amide bonds. The van der Waals surface area contributed by atoms with Crippen LogP contribution in [0.1, 0.15) is 33.6 Å². The molecule has 3 N–H and O–H groups in total. The summed E-state index contributed by atoms with van der Waals surface area (Å²) in [5.41, 5.74) is 0.622. The average molecular weight is 631 g/mol. The van der Waals surface area contributed by atoms with Crippen LogP contribution in [0.25, 0.3) is 0 Å². The monoisotopic (exact) mass is 630 g/mol. The number of aliphatic hydroxyl groups is 1. The van der Waals surface area contributed by atoms with Gasteiger partial charge >= 0.3 is 36.1 Å². The number of rotatable bonds is 22. The van der Waals surface area contributed by atoms with Gasteiger partial charge in [0.1, 0.15) is 32.5 Å². The van der Waals surface area contributed by atoms with Crippen molar-refractivity contribution in [3.63, 3.8) is 0 Å². The van der Waals surface area contributed by atoms with Crippen LogP contribution in [0.15, 0.2) is 36.5 Å². The first-order valence-electron chi connectivity index (χ1n) is 13.5. The maximum absolute atomic E-state index is 12.3. The standard InChI is InChI=1S/C28H42N2O14/c1-18(2)24(33)39-11-7-8-23(32)44-22(17-43-28(37)30-10-13-41-26(35)20(5)6)16-38-14-21(31)15-42-27(36)29-9-12-40-25(34)19(3)4/h21-22,31H,1,3,5,7-17H2,2,4,6H3,(H,29,36)(H,30,37). The summed E-state index contributed by atoms with van der Waals surface area (Å²) in [6, 6.07) is 0. The Morgan fingerprint density at radius 3 is 1.57 bits per heavy atom. The van der Waals surface area contributed by atoms with Crippen LogP contribution in [0.5, 0.6) is 0 Å². The summed E-state index contributed by atoms with van der Waals surface area (Å²) < 4.78 is 35.1. The third-order valence-corrected chi connectivity index (χ3v) is 4.73. The normalized spacial score (nSPS) is 11.5. The highest BCUT2D eigenvalue weighted by Crippen LogP contribution is 2.04. The molecule has 0 saturated carbocycles. The SMILES string of the molecule is C=C(C)C(=O)OCCCC(=O)OC(COCC(O)COC(=O)NCCOC(=O)C(=C)C)COC(=O)NCCOC(=O)C(=C)C. The zero-order valence-corrected chi connectivity index (χ0v) is 25.3. The van der Waals surface area contributed by atoms with E-state index in [1.54, 1.807) is 0 Å². The van der Waals surface area contributed by atoms with E-state index >= 15 is 0 Å². The predicted molar refractivity (Wildman–Crippen MR) is 152 cm³/mol. The maximum atomic E-state index is 12.3. The second kappa shape index (κ2) is 23.1. The van der Waals surface area contributed by atoms with E-state index in [1.807, 2.05) is 0 Å². The summed E-state index contributed by atoms with van der Waals surface area (Å²) in [6.45, 7) is 12.9. The first-order chi connectivity index (χ1) is 20.7. The largest absolute Gasteiger partial charge is 0.462 e. The van der Waals surface area contributed by atoms with Gasteiger partial charge in [-0.3, -0.25) is 4.79 Å². The number of alkyl carbamates (subject to hydrolysis) is 2. The van der Waals surface area contributed by atoms with Gasteiger partial charge in [-0.15, -0.1) is 0 Å². The first-order valence-corrected chi connectivity index (χ1v) is 13.5. The Hall–Kier alpha value is -4.44. The van der Waals surface area contributed by atoms with Crippen LogP contribution < -0.4 is 10.6 Å². The van der Waals surface area contributed by atoms with Crippen molar-refractivity contribution in [3.05, 3.63) is 36.5 Å². The van der Waals surface area contributed by atoms with E-state index in [2.05, 4.69) is 30.4 Å². The van der Waals surface area contributed by atoms with Gasteiger partial charge in [-0.2, -0.15) is 0 Å². The predicted octanol–water partition coefficient (Wildman–Crippen LogP) is 0.866. The molecule has 0 radical (unpaired) electrons. The van der Waals surface area contributed by atoms with Crippen molar-refractivity contribution in [3.8, 4) is 0 Å². The molecule has 0 aliphatic rings. The van der Waals surface area contributed by atoms with Crippen molar-refractivity contribution < 1.29 is 67.0 Å². The molecular weight excluding hydrogens is 588 g/mol. The Bertz CT molecular complexity index is 1030. The summed E-state index contributed by atoms with van der Waals surface area (Å²) in [6.07, 6.45) is -4.08. The molecule has 0 aliphatic heterocycles. The molecule has 16 nitrogen and oxygen atoms in total. The van der Waals surface area contributed by atoms with Crippen molar-refractivity contribution in [2.24, 2.45) is 0 Å². The van der Waals surface area contributed by atoms with Crippen molar-refractivity contribution >= 4 is 36.1 Å². The van der Waals surface area contributed by atoms with Crippen LogP contribution in [0.3, 0.4) is 0 Å². The lowest BCUT2D eigenvalue weighted by Gasteiger charge is -2.19. The highest BCUT2D eigenvalue weighted by molar-refractivity contribution is 5.87. The Morgan fingerprint density at radius 1 is 0.636 bits per heavy atom. The van der Waals surface area contributed by atoms with Gasteiger partial charge in [-0.05, 0) is 27.2 Å². The molecule has 0 aromatic rings. The molecule has 0 rings (SSSR count). The third-order valence-electron chi connectivity index (χ3n) is 4.73. The fourth-order valence-corrected chi connectivity index (χ4v) is 2.53. The van der Waals surface area contributed by atoms with Crippen LogP contribution in [0.4, 0.5) is 9.59 Å². The molecule has 2 unspecified atom stereocenters. The highest BCUT2D eigenvalue weighted by Gasteiger charge is 2.19.